The standard InChI is InChI=1S/C30H34O4/c1-18(2)11-13-20-26(32)25(23(31)14-12-19-9-7-6-8-10-19)28-24-21-17-30(5,34-27(20)24)16-15-22(21)29(3,4)33-28/h6-12,14,21-22,32H,13,15-17H2,1-5H3/t21-,22+,30-/m1/s1. The second-order valence-electron chi connectivity index (χ2n) is 11.1. The van der Waals surface area contributed by atoms with Crippen molar-refractivity contribution in [1.82, 2.24) is 0 Å². The Morgan fingerprint density at radius 3 is 2.56 bits per heavy atom. The summed E-state index contributed by atoms with van der Waals surface area (Å²) in [6, 6.07) is 9.71. The molecule has 0 spiro atoms. The Morgan fingerprint density at radius 1 is 1.12 bits per heavy atom. The van der Waals surface area contributed by atoms with Crippen LogP contribution in [0, 0.1) is 5.92 Å². The van der Waals surface area contributed by atoms with Crippen molar-refractivity contribution < 1.29 is 19.4 Å². The molecule has 2 aromatic rings. The second-order valence-corrected chi connectivity index (χ2v) is 11.1. The fraction of sp³-hybridized carbons (Fsp3) is 0.433. The molecule has 1 fully saturated rings. The van der Waals surface area contributed by atoms with E-state index in [2.05, 4.69) is 26.8 Å². The van der Waals surface area contributed by atoms with Gasteiger partial charge in [-0.1, -0.05) is 48.1 Å². The molecule has 1 saturated carbocycles. The van der Waals surface area contributed by atoms with E-state index in [9.17, 15) is 9.90 Å². The Bertz CT molecular complexity index is 1200. The molecule has 34 heavy (non-hydrogen) atoms. The summed E-state index contributed by atoms with van der Waals surface area (Å²) in [5.41, 5.74) is 3.32. The van der Waals surface area contributed by atoms with E-state index in [0.717, 1.165) is 41.7 Å². The van der Waals surface area contributed by atoms with E-state index in [1.807, 2.05) is 44.2 Å². The highest BCUT2D eigenvalue weighted by molar-refractivity contribution is 6.11. The Labute approximate surface area is 202 Å². The molecule has 5 rings (SSSR count). The average Bonchev–Trinajstić information content (AvgIpc) is 2.76. The topological polar surface area (TPSA) is 55.8 Å². The summed E-state index contributed by atoms with van der Waals surface area (Å²) in [5, 5.41) is 11.5. The molecule has 0 unspecified atom stereocenters. The first-order valence-electron chi connectivity index (χ1n) is 12.3. The van der Waals surface area contributed by atoms with Crippen LogP contribution < -0.4 is 9.47 Å². The van der Waals surface area contributed by atoms with Crippen LogP contribution in [0.25, 0.3) is 6.08 Å². The third-order valence-electron chi connectivity index (χ3n) is 7.80. The maximum atomic E-state index is 13.6. The van der Waals surface area contributed by atoms with Crippen LogP contribution in [0.3, 0.4) is 0 Å². The fourth-order valence-corrected chi connectivity index (χ4v) is 6.05. The van der Waals surface area contributed by atoms with Crippen molar-refractivity contribution in [1.29, 1.82) is 0 Å². The number of ketones is 1. The van der Waals surface area contributed by atoms with Crippen molar-refractivity contribution in [3.63, 3.8) is 0 Å². The molecule has 0 aromatic heterocycles. The molecule has 3 atom stereocenters. The second kappa shape index (κ2) is 8.04. The van der Waals surface area contributed by atoms with Gasteiger partial charge in [0, 0.05) is 23.0 Å². The summed E-state index contributed by atoms with van der Waals surface area (Å²) >= 11 is 0. The predicted molar refractivity (Wildman–Crippen MR) is 135 cm³/mol. The lowest BCUT2D eigenvalue weighted by Gasteiger charge is -2.55. The Kier molecular flexibility index (Phi) is 5.38. The highest BCUT2D eigenvalue weighted by Crippen LogP contribution is 2.63. The molecule has 178 valence electrons. The van der Waals surface area contributed by atoms with E-state index in [0.29, 0.717) is 23.7 Å². The molecule has 4 heteroatoms. The van der Waals surface area contributed by atoms with Crippen LogP contribution in [0.1, 0.15) is 86.8 Å². The molecule has 2 aromatic carbocycles. The minimum atomic E-state index is -0.431. The van der Waals surface area contributed by atoms with Gasteiger partial charge < -0.3 is 14.6 Å². The molecule has 2 bridgehead atoms. The third-order valence-corrected chi connectivity index (χ3v) is 7.80. The van der Waals surface area contributed by atoms with Gasteiger partial charge in [0.25, 0.3) is 0 Å². The van der Waals surface area contributed by atoms with Gasteiger partial charge >= 0.3 is 0 Å². The number of carbonyl (C=O) groups is 1. The summed E-state index contributed by atoms with van der Waals surface area (Å²) in [6.45, 7) is 10.5. The predicted octanol–water partition coefficient (Wildman–Crippen LogP) is 7.00. The Balaban J connectivity index is 1.72. The van der Waals surface area contributed by atoms with Crippen LogP contribution >= 0.6 is 0 Å². The number of phenols is 1. The summed E-state index contributed by atoms with van der Waals surface area (Å²) in [7, 11) is 0. The minimum Gasteiger partial charge on any atom is -0.507 e. The summed E-state index contributed by atoms with van der Waals surface area (Å²) in [5.74, 6) is 1.55. The summed E-state index contributed by atoms with van der Waals surface area (Å²) < 4.78 is 13.2. The van der Waals surface area contributed by atoms with Crippen molar-refractivity contribution in [2.24, 2.45) is 5.92 Å². The molecule has 2 heterocycles. The zero-order valence-electron chi connectivity index (χ0n) is 20.8. The molecule has 3 aliphatic rings. The number of carbonyl (C=O) groups excluding carboxylic acids is 1. The number of aromatic hydroxyl groups is 1. The molecule has 0 saturated heterocycles. The number of phenolic OH excluding ortho intramolecular Hbond substituents is 1. The van der Waals surface area contributed by atoms with Crippen molar-refractivity contribution in [2.75, 3.05) is 0 Å². The lowest BCUT2D eigenvalue weighted by Crippen LogP contribution is -2.54. The molecule has 0 amide bonds. The van der Waals surface area contributed by atoms with Gasteiger partial charge in [-0.25, -0.2) is 0 Å². The van der Waals surface area contributed by atoms with Gasteiger partial charge in [0.15, 0.2) is 5.78 Å². The molecule has 0 radical (unpaired) electrons. The maximum Gasteiger partial charge on any atom is 0.193 e. The van der Waals surface area contributed by atoms with E-state index < -0.39 is 5.60 Å². The quantitative estimate of drug-likeness (QED) is 0.298. The van der Waals surface area contributed by atoms with E-state index >= 15 is 0 Å². The van der Waals surface area contributed by atoms with Crippen molar-refractivity contribution >= 4 is 11.9 Å². The van der Waals surface area contributed by atoms with Gasteiger partial charge in [-0.05, 0) is 71.9 Å². The van der Waals surface area contributed by atoms with Crippen molar-refractivity contribution in [3.05, 3.63) is 70.3 Å². The number of hydrogen-bond donors (Lipinski definition) is 1. The van der Waals surface area contributed by atoms with Gasteiger partial charge in [0.1, 0.15) is 34.0 Å². The van der Waals surface area contributed by atoms with Gasteiger partial charge in [-0.2, -0.15) is 0 Å². The van der Waals surface area contributed by atoms with E-state index in [-0.39, 0.29) is 28.6 Å². The SMILES string of the molecule is CC(C)=CCc1c(O)c(C(=O)C=Cc2ccccc2)c2c3c1O[C@]1(C)CC[C@@H]([C@H]3C1)C(C)(C)O2. The first-order chi connectivity index (χ1) is 16.1. The molecule has 2 aliphatic heterocycles. The van der Waals surface area contributed by atoms with Gasteiger partial charge in [-0.15, -0.1) is 0 Å². The molecule has 1 N–H and O–H groups in total. The van der Waals surface area contributed by atoms with Gasteiger partial charge in [0.2, 0.25) is 0 Å². The van der Waals surface area contributed by atoms with Crippen LogP contribution in [-0.2, 0) is 6.42 Å². The lowest BCUT2D eigenvalue weighted by atomic mass is 9.61. The zero-order valence-corrected chi connectivity index (χ0v) is 20.8. The summed E-state index contributed by atoms with van der Waals surface area (Å²) in [6.07, 6.45) is 8.80. The number of rotatable bonds is 5. The number of hydrogen-bond acceptors (Lipinski definition) is 4. The number of allylic oxidation sites excluding steroid dienone is 3. The van der Waals surface area contributed by atoms with Crippen molar-refractivity contribution in [2.45, 2.75) is 77.4 Å². The van der Waals surface area contributed by atoms with E-state index in [1.165, 1.54) is 6.08 Å². The van der Waals surface area contributed by atoms with Crippen LogP contribution in [0.4, 0.5) is 0 Å². The van der Waals surface area contributed by atoms with E-state index in [1.54, 1.807) is 6.08 Å². The molecular formula is C30H34O4. The third kappa shape index (κ3) is 3.73. The van der Waals surface area contributed by atoms with Crippen LogP contribution in [0.15, 0.2) is 48.1 Å². The largest absolute Gasteiger partial charge is 0.507 e. The average molecular weight is 459 g/mol. The summed E-state index contributed by atoms with van der Waals surface area (Å²) in [4.78, 5) is 13.6. The van der Waals surface area contributed by atoms with Crippen molar-refractivity contribution in [3.8, 4) is 17.2 Å². The number of benzene rings is 2. The number of fused-ring (bicyclic) bond motifs is 1. The monoisotopic (exact) mass is 458 g/mol. The van der Waals surface area contributed by atoms with Crippen LogP contribution in [-0.4, -0.2) is 22.1 Å². The fourth-order valence-electron chi connectivity index (χ4n) is 6.05. The molecular weight excluding hydrogens is 424 g/mol. The highest BCUT2D eigenvalue weighted by Gasteiger charge is 2.55. The lowest BCUT2D eigenvalue weighted by molar-refractivity contribution is -0.0735. The number of ether oxygens (including phenoxy) is 2. The zero-order chi connectivity index (χ0) is 24.3. The first kappa shape index (κ1) is 22.8. The first-order valence-corrected chi connectivity index (χ1v) is 12.3. The van der Waals surface area contributed by atoms with Crippen LogP contribution in [0.5, 0.6) is 17.2 Å². The van der Waals surface area contributed by atoms with Gasteiger partial charge in [-0.3, -0.25) is 4.79 Å². The maximum absolute atomic E-state index is 13.6. The Morgan fingerprint density at radius 2 is 1.85 bits per heavy atom. The smallest absolute Gasteiger partial charge is 0.193 e. The molecule has 1 aliphatic carbocycles. The van der Waals surface area contributed by atoms with Crippen LogP contribution in [0.2, 0.25) is 0 Å². The normalized spacial score (nSPS) is 25.9. The Hall–Kier alpha value is -3.01. The highest BCUT2D eigenvalue weighted by atomic mass is 16.5. The molecule has 4 nitrogen and oxygen atoms in total. The van der Waals surface area contributed by atoms with E-state index in [4.69, 9.17) is 9.47 Å². The minimum absolute atomic E-state index is 0.0215. The van der Waals surface area contributed by atoms with Gasteiger partial charge in [0.05, 0.1) is 0 Å².